The summed E-state index contributed by atoms with van der Waals surface area (Å²) >= 11 is 0. The first-order valence-corrected chi connectivity index (χ1v) is 13.6. The molecule has 31 heavy (non-hydrogen) atoms. The summed E-state index contributed by atoms with van der Waals surface area (Å²) in [5.41, 5.74) is 3.75. The smallest absolute Gasteiger partial charge is 0.100 e. The minimum Gasteiger partial charge on any atom is -0.242 e. The highest BCUT2D eigenvalue weighted by molar-refractivity contribution is 7.84. The standard InChI is InChI=1S/C27H42NOPS/c1-20-16-12-13-17-21(20)24(28(11)31(29)27(8,9)10)22-18-14-15-19-23(22)30(25(2,3)4)26(5,6)7/h12-19,24H,1-11H3/t24-,31-/m1/s1. The Morgan fingerprint density at radius 2 is 1.23 bits per heavy atom. The molecule has 0 unspecified atom stereocenters. The number of nitrogens with zero attached hydrogens (tertiary/aromatic N) is 1. The van der Waals surface area contributed by atoms with Gasteiger partial charge in [0, 0.05) is 7.05 Å². The van der Waals surface area contributed by atoms with Gasteiger partial charge in [0.05, 0.1) is 10.8 Å². The second-order valence-electron chi connectivity index (χ2n) is 11.4. The van der Waals surface area contributed by atoms with Crippen molar-refractivity contribution in [3.05, 3.63) is 65.2 Å². The van der Waals surface area contributed by atoms with Gasteiger partial charge in [0.15, 0.2) is 0 Å². The molecule has 2 aromatic rings. The molecule has 0 saturated carbocycles. The molecule has 2 nitrogen and oxygen atoms in total. The predicted octanol–water partition coefficient (Wildman–Crippen LogP) is 7.18. The summed E-state index contributed by atoms with van der Waals surface area (Å²) in [5.74, 6) is 0. The minimum absolute atomic E-state index is 0.0628. The molecule has 0 fully saturated rings. The third kappa shape index (κ3) is 6.06. The van der Waals surface area contributed by atoms with E-state index in [0.29, 0.717) is 0 Å². The van der Waals surface area contributed by atoms with Gasteiger partial charge in [-0.25, -0.2) is 8.51 Å². The Labute approximate surface area is 195 Å². The van der Waals surface area contributed by atoms with Crippen LogP contribution in [0.15, 0.2) is 48.5 Å². The number of hydrogen-bond acceptors (Lipinski definition) is 1. The van der Waals surface area contributed by atoms with Crippen LogP contribution in [0.1, 0.15) is 85.0 Å². The first-order chi connectivity index (χ1) is 14.1. The molecule has 0 aliphatic heterocycles. The summed E-state index contributed by atoms with van der Waals surface area (Å²) in [6.07, 6.45) is 0. The first-order valence-electron chi connectivity index (χ1n) is 11.2. The van der Waals surface area contributed by atoms with Crippen LogP contribution < -0.4 is 5.30 Å². The Kier molecular flexibility index (Phi) is 8.00. The lowest BCUT2D eigenvalue weighted by molar-refractivity contribution is 0.440. The van der Waals surface area contributed by atoms with Crippen LogP contribution in [-0.4, -0.2) is 30.6 Å². The molecule has 0 heterocycles. The molecule has 0 aromatic heterocycles. The summed E-state index contributed by atoms with van der Waals surface area (Å²) in [7, 11) is 0.386. The molecule has 2 rings (SSSR count). The van der Waals surface area contributed by atoms with Crippen LogP contribution in [0.3, 0.4) is 0 Å². The van der Waals surface area contributed by atoms with Crippen molar-refractivity contribution in [2.75, 3.05) is 7.05 Å². The topological polar surface area (TPSA) is 20.3 Å². The van der Waals surface area contributed by atoms with Crippen LogP contribution >= 0.6 is 7.92 Å². The van der Waals surface area contributed by atoms with E-state index in [4.69, 9.17) is 0 Å². The van der Waals surface area contributed by atoms with E-state index in [9.17, 15) is 4.21 Å². The molecule has 0 radical (unpaired) electrons. The van der Waals surface area contributed by atoms with Crippen molar-refractivity contribution in [2.45, 2.75) is 90.3 Å². The summed E-state index contributed by atoms with van der Waals surface area (Å²) < 4.78 is 15.3. The second kappa shape index (κ2) is 9.46. The Hall–Kier alpha value is -1.02. The molecule has 0 spiro atoms. The van der Waals surface area contributed by atoms with Crippen LogP contribution in [0.2, 0.25) is 0 Å². The zero-order valence-corrected chi connectivity index (χ0v) is 23.1. The molecular formula is C27H42NOPS. The van der Waals surface area contributed by atoms with Gasteiger partial charge in [-0.2, -0.15) is 0 Å². The molecule has 2 aromatic carbocycles. The van der Waals surface area contributed by atoms with Gasteiger partial charge in [0.2, 0.25) is 0 Å². The van der Waals surface area contributed by atoms with E-state index in [0.717, 1.165) is 0 Å². The first kappa shape index (κ1) is 26.2. The fraction of sp³-hybridized carbons (Fsp3) is 0.556. The third-order valence-corrected chi connectivity index (χ3v) is 10.8. The molecule has 0 aliphatic carbocycles. The van der Waals surface area contributed by atoms with Crippen LogP contribution in [0.5, 0.6) is 0 Å². The van der Waals surface area contributed by atoms with Gasteiger partial charge in [-0.05, 0) is 60.0 Å². The van der Waals surface area contributed by atoms with E-state index in [1.54, 1.807) is 0 Å². The Balaban J connectivity index is 2.83. The summed E-state index contributed by atoms with van der Waals surface area (Å²) in [5, 5.41) is 1.73. The van der Waals surface area contributed by atoms with E-state index in [1.165, 1.54) is 22.0 Å². The van der Waals surface area contributed by atoms with Crippen molar-refractivity contribution < 1.29 is 4.21 Å². The molecule has 172 valence electrons. The van der Waals surface area contributed by atoms with E-state index in [2.05, 4.69) is 122 Å². The maximum atomic E-state index is 13.6. The van der Waals surface area contributed by atoms with Crippen molar-refractivity contribution in [3.63, 3.8) is 0 Å². The highest BCUT2D eigenvalue weighted by Crippen LogP contribution is 2.59. The van der Waals surface area contributed by atoms with Gasteiger partial charge in [-0.1, -0.05) is 98.0 Å². The van der Waals surface area contributed by atoms with Crippen molar-refractivity contribution in [1.29, 1.82) is 0 Å². The molecule has 0 N–H and O–H groups in total. The van der Waals surface area contributed by atoms with E-state index in [1.807, 2.05) is 7.05 Å². The fourth-order valence-corrected chi connectivity index (χ4v) is 10.1. The molecule has 0 bridgehead atoms. The monoisotopic (exact) mass is 459 g/mol. The maximum absolute atomic E-state index is 13.6. The number of rotatable bonds is 5. The van der Waals surface area contributed by atoms with Gasteiger partial charge < -0.3 is 0 Å². The summed E-state index contributed by atoms with van der Waals surface area (Å²) in [6, 6.07) is 17.4. The van der Waals surface area contributed by atoms with Crippen molar-refractivity contribution in [3.8, 4) is 0 Å². The average Bonchev–Trinajstić information content (AvgIpc) is 2.61. The molecular weight excluding hydrogens is 417 g/mol. The Bertz CT molecular complexity index is 904. The summed E-state index contributed by atoms with van der Waals surface area (Å²) in [6.45, 7) is 22.5. The van der Waals surface area contributed by atoms with Crippen molar-refractivity contribution in [2.24, 2.45) is 0 Å². The van der Waals surface area contributed by atoms with E-state index < -0.39 is 18.9 Å². The van der Waals surface area contributed by atoms with Crippen LogP contribution in [-0.2, 0) is 11.0 Å². The zero-order chi connectivity index (χ0) is 23.8. The number of aryl methyl sites for hydroxylation is 1. The van der Waals surface area contributed by atoms with E-state index >= 15 is 0 Å². The molecule has 2 atom stereocenters. The van der Waals surface area contributed by atoms with Crippen LogP contribution in [0.25, 0.3) is 0 Å². The Morgan fingerprint density at radius 3 is 1.68 bits per heavy atom. The van der Waals surface area contributed by atoms with Gasteiger partial charge in [-0.3, -0.25) is 0 Å². The number of hydrogen-bond donors (Lipinski definition) is 0. The average molecular weight is 460 g/mol. The third-order valence-electron chi connectivity index (χ3n) is 5.45. The lowest BCUT2D eigenvalue weighted by Gasteiger charge is -2.44. The summed E-state index contributed by atoms with van der Waals surface area (Å²) in [4.78, 5) is 0. The van der Waals surface area contributed by atoms with Gasteiger partial charge in [0.1, 0.15) is 11.0 Å². The molecule has 0 aliphatic rings. The van der Waals surface area contributed by atoms with Gasteiger partial charge in [-0.15, -0.1) is 0 Å². The van der Waals surface area contributed by atoms with Gasteiger partial charge in [0.25, 0.3) is 0 Å². The molecule has 0 amide bonds. The molecule has 4 heteroatoms. The normalized spacial score (nSPS) is 15.4. The number of benzene rings is 2. The fourth-order valence-electron chi connectivity index (χ4n) is 4.63. The Morgan fingerprint density at radius 1 is 0.774 bits per heavy atom. The van der Waals surface area contributed by atoms with Crippen molar-refractivity contribution >= 4 is 24.2 Å². The zero-order valence-electron chi connectivity index (χ0n) is 21.4. The highest BCUT2D eigenvalue weighted by Gasteiger charge is 2.39. The SMILES string of the molecule is Cc1ccccc1[C@H](c1ccccc1P(C(C)(C)C)C(C)(C)C)N(C)[S@](=O)C(C)(C)C. The maximum Gasteiger partial charge on any atom is 0.100 e. The lowest BCUT2D eigenvalue weighted by Crippen LogP contribution is -2.40. The largest absolute Gasteiger partial charge is 0.242 e. The van der Waals surface area contributed by atoms with Crippen molar-refractivity contribution in [1.82, 2.24) is 4.31 Å². The van der Waals surface area contributed by atoms with Gasteiger partial charge >= 0.3 is 0 Å². The minimum atomic E-state index is -1.14. The predicted molar refractivity (Wildman–Crippen MR) is 141 cm³/mol. The second-order valence-corrected chi connectivity index (χ2v) is 17.5. The van der Waals surface area contributed by atoms with Crippen LogP contribution in [0, 0.1) is 6.92 Å². The van der Waals surface area contributed by atoms with E-state index in [-0.39, 0.29) is 21.1 Å². The van der Waals surface area contributed by atoms with Crippen LogP contribution in [0.4, 0.5) is 0 Å². The quantitative estimate of drug-likeness (QED) is 0.434. The lowest BCUT2D eigenvalue weighted by atomic mass is 9.95. The molecule has 0 saturated heterocycles. The highest BCUT2D eigenvalue weighted by atomic mass is 32.2.